The lowest BCUT2D eigenvalue weighted by Gasteiger charge is -2.21. The van der Waals surface area contributed by atoms with Crippen molar-refractivity contribution in [1.29, 1.82) is 0 Å². The van der Waals surface area contributed by atoms with Crippen LogP contribution in [0.4, 0.5) is 13.2 Å². The molecule has 0 amide bonds. The average Bonchev–Trinajstić information content (AvgIpc) is 3.08. The summed E-state index contributed by atoms with van der Waals surface area (Å²) in [5, 5.41) is 8.93. The Kier molecular flexibility index (Phi) is 3.53. The summed E-state index contributed by atoms with van der Waals surface area (Å²) in [6.07, 6.45) is -5.33. The van der Waals surface area contributed by atoms with Crippen molar-refractivity contribution in [3.63, 3.8) is 0 Å². The highest BCUT2D eigenvalue weighted by Gasteiger charge is 2.65. The van der Waals surface area contributed by atoms with E-state index in [9.17, 15) is 26.4 Å². The lowest BCUT2D eigenvalue weighted by molar-refractivity contribution is -0.160. The lowest BCUT2D eigenvalue weighted by atomic mass is 10.1. The second-order valence-corrected chi connectivity index (χ2v) is 6.57. The first-order valence-corrected chi connectivity index (χ1v) is 7.42. The molecular formula is C12H12F3NO4S. The molecule has 1 fully saturated rings. The fourth-order valence-electron chi connectivity index (χ4n) is 2.02. The van der Waals surface area contributed by atoms with Gasteiger partial charge in [0.15, 0.2) is 0 Å². The van der Waals surface area contributed by atoms with Crippen molar-refractivity contribution in [3.05, 3.63) is 29.3 Å². The predicted molar refractivity (Wildman–Crippen MR) is 66.5 cm³/mol. The molecule has 1 aliphatic carbocycles. The van der Waals surface area contributed by atoms with Crippen molar-refractivity contribution in [2.45, 2.75) is 36.4 Å². The highest BCUT2D eigenvalue weighted by Crippen LogP contribution is 2.49. The summed E-state index contributed by atoms with van der Waals surface area (Å²) in [5.74, 6) is -1.35. The molecule has 0 heterocycles. The van der Waals surface area contributed by atoms with E-state index in [0.717, 1.165) is 6.07 Å². The summed E-state index contributed by atoms with van der Waals surface area (Å²) in [7, 11) is -4.46. The van der Waals surface area contributed by atoms with Gasteiger partial charge in [-0.05, 0) is 37.5 Å². The summed E-state index contributed by atoms with van der Waals surface area (Å²) in [6.45, 7) is 1.24. The van der Waals surface area contributed by atoms with Crippen molar-refractivity contribution in [3.8, 4) is 0 Å². The van der Waals surface area contributed by atoms with E-state index in [2.05, 4.69) is 0 Å². The molecule has 2 rings (SSSR count). The SMILES string of the molecule is Cc1c(C(=O)O)cccc1S(=O)(=O)NC1(C(F)(F)F)CC1. The third-order valence-corrected chi connectivity index (χ3v) is 5.11. The van der Waals surface area contributed by atoms with Gasteiger partial charge in [0, 0.05) is 0 Å². The van der Waals surface area contributed by atoms with Crippen LogP contribution in [0.25, 0.3) is 0 Å². The second-order valence-electron chi connectivity index (χ2n) is 4.92. The Morgan fingerprint density at radius 2 is 1.90 bits per heavy atom. The van der Waals surface area contributed by atoms with E-state index in [4.69, 9.17) is 5.11 Å². The summed E-state index contributed by atoms with van der Waals surface area (Å²) in [6, 6.07) is 3.45. The molecule has 1 saturated carbocycles. The molecule has 0 aliphatic heterocycles. The third-order valence-electron chi connectivity index (χ3n) is 3.43. The van der Waals surface area contributed by atoms with Crippen LogP contribution in [0.1, 0.15) is 28.8 Å². The molecule has 0 bridgehead atoms. The van der Waals surface area contributed by atoms with Crippen molar-refractivity contribution in [2.24, 2.45) is 0 Å². The van der Waals surface area contributed by atoms with Gasteiger partial charge in [-0.1, -0.05) is 6.07 Å². The smallest absolute Gasteiger partial charge is 0.407 e. The van der Waals surface area contributed by atoms with Gasteiger partial charge < -0.3 is 5.11 Å². The number of carboxylic acid groups (broad SMARTS) is 1. The number of halogens is 3. The van der Waals surface area contributed by atoms with Gasteiger partial charge >= 0.3 is 12.1 Å². The highest BCUT2D eigenvalue weighted by molar-refractivity contribution is 7.89. The normalized spacial score (nSPS) is 17.5. The van der Waals surface area contributed by atoms with Crippen LogP contribution in [-0.4, -0.2) is 31.2 Å². The molecule has 1 aromatic rings. The van der Waals surface area contributed by atoms with E-state index < -0.39 is 32.6 Å². The van der Waals surface area contributed by atoms with E-state index in [-0.39, 0.29) is 24.0 Å². The summed E-state index contributed by atoms with van der Waals surface area (Å²) >= 11 is 0. The largest absolute Gasteiger partial charge is 0.478 e. The fraction of sp³-hybridized carbons (Fsp3) is 0.417. The third kappa shape index (κ3) is 2.75. The molecule has 9 heteroatoms. The topological polar surface area (TPSA) is 83.5 Å². The Bertz CT molecular complexity index is 693. The molecular weight excluding hydrogens is 311 g/mol. The van der Waals surface area contributed by atoms with E-state index in [1.165, 1.54) is 19.1 Å². The van der Waals surface area contributed by atoms with Crippen LogP contribution in [0.2, 0.25) is 0 Å². The number of hydrogen-bond acceptors (Lipinski definition) is 3. The van der Waals surface area contributed by atoms with Crippen LogP contribution >= 0.6 is 0 Å². The predicted octanol–water partition coefficient (Wildman–Crippen LogP) is 2.07. The van der Waals surface area contributed by atoms with E-state index in [0.29, 0.717) is 0 Å². The minimum Gasteiger partial charge on any atom is -0.478 e. The van der Waals surface area contributed by atoms with Gasteiger partial charge in [0.25, 0.3) is 0 Å². The van der Waals surface area contributed by atoms with Crippen molar-refractivity contribution >= 4 is 16.0 Å². The van der Waals surface area contributed by atoms with Crippen molar-refractivity contribution in [1.82, 2.24) is 4.72 Å². The van der Waals surface area contributed by atoms with Gasteiger partial charge in [0.1, 0.15) is 5.54 Å². The lowest BCUT2D eigenvalue weighted by Crippen LogP contribution is -2.47. The minimum atomic E-state index is -4.68. The molecule has 116 valence electrons. The van der Waals surface area contributed by atoms with Gasteiger partial charge in [0.05, 0.1) is 10.5 Å². The number of carboxylic acids is 1. The van der Waals surface area contributed by atoms with Crippen LogP contribution in [0.3, 0.4) is 0 Å². The fourth-order valence-corrected chi connectivity index (χ4v) is 3.73. The Hall–Kier alpha value is -1.61. The van der Waals surface area contributed by atoms with Crippen molar-refractivity contribution < 1.29 is 31.5 Å². The Morgan fingerprint density at radius 1 is 1.33 bits per heavy atom. The van der Waals surface area contributed by atoms with Crippen LogP contribution in [0, 0.1) is 6.92 Å². The van der Waals surface area contributed by atoms with Crippen molar-refractivity contribution in [2.75, 3.05) is 0 Å². The number of aromatic carboxylic acids is 1. The zero-order chi connectivity index (χ0) is 16.1. The highest BCUT2D eigenvalue weighted by atomic mass is 32.2. The molecule has 0 saturated heterocycles. The molecule has 2 N–H and O–H groups in total. The number of alkyl halides is 3. The van der Waals surface area contributed by atoms with Crippen LogP contribution in [-0.2, 0) is 10.0 Å². The number of rotatable bonds is 4. The zero-order valence-corrected chi connectivity index (χ0v) is 11.7. The quantitative estimate of drug-likeness (QED) is 0.888. The molecule has 1 aliphatic rings. The Morgan fingerprint density at radius 3 is 2.33 bits per heavy atom. The number of carbonyl (C=O) groups is 1. The molecule has 0 spiro atoms. The molecule has 0 aromatic heterocycles. The molecule has 0 atom stereocenters. The summed E-state index contributed by atoms with van der Waals surface area (Å²) in [5.41, 5.74) is -2.80. The standard InChI is InChI=1S/C12H12F3NO4S/c1-7-8(10(17)18)3-2-4-9(7)21(19,20)16-11(5-6-11)12(13,14)15/h2-4,16H,5-6H2,1H3,(H,17,18). The van der Waals surface area contributed by atoms with Gasteiger partial charge in [-0.3, -0.25) is 0 Å². The monoisotopic (exact) mass is 323 g/mol. The van der Waals surface area contributed by atoms with Crippen LogP contribution in [0.15, 0.2) is 23.1 Å². The number of sulfonamides is 1. The van der Waals surface area contributed by atoms with E-state index >= 15 is 0 Å². The Labute approximate surface area is 118 Å². The first-order valence-electron chi connectivity index (χ1n) is 5.94. The van der Waals surface area contributed by atoms with Gasteiger partial charge in [-0.15, -0.1) is 0 Å². The number of benzene rings is 1. The zero-order valence-electron chi connectivity index (χ0n) is 10.9. The summed E-state index contributed by atoms with van der Waals surface area (Å²) < 4.78 is 64.4. The average molecular weight is 323 g/mol. The van der Waals surface area contributed by atoms with E-state index in [1.807, 2.05) is 0 Å². The van der Waals surface area contributed by atoms with Gasteiger partial charge in [0.2, 0.25) is 10.0 Å². The van der Waals surface area contributed by atoms with Gasteiger partial charge in [-0.2, -0.15) is 17.9 Å². The molecule has 5 nitrogen and oxygen atoms in total. The van der Waals surface area contributed by atoms with E-state index in [1.54, 1.807) is 4.72 Å². The van der Waals surface area contributed by atoms with Crippen LogP contribution < -0.4 is 4.72 Å². The number of nitrogens with one attached hydrogen (secondary N) is 1. The maximum atomic E-state index is 12.8. The summed E-state index contributed by atoms with van der Waals surface area (Å²) in [4.78, 5) is 10.5. The van der Waals surface area contributed by atoms with Crippen LogP contribution in [0.5, 0.6) is 0 Å². The second kappa shape index (κ2) is 4.70. The molecule has 1 aromatic carbocycles. The first-order chi connectivity index (χ1) is 9.50. The maximum Gasteiger partial charge on any atom is 0.407 e. The van der Waals surface area contributed by atoms with Gasteiger partial charge in [-0.25, -0.2) is 13.2 Å². The molecule has 21 heavy (non-hydrogen) atoms. The Balaban J connectivity index is 2.43. The first kappa shape index (κ1) is 15.8. The minimum absolute atomic E-state index is 0.101. The molecule has 0 radical (unpaired) electrons. The molecule has 0 unspecified atom stereocenters. The maximum absolute atomic E-state index is 12.8. The number of hydrogen-bond donors (Lipinski definition) is 2.